The first kappa shape index (κ1) is 13.5. The van der Waals surface area contributed by atoms with Crippen LogP contribution in [0, 0.1) is 5.82 Å². The molecule has 2 rings (SSSR count). The molecule has 98 valence electrons. The molecule has 0 saturated heterocycles. The molecule has 0 heterocycles. The fourth-order valence-corrected chi connectivity index (χ4v) is 2.60. The Labute approximate surface area is 114 Å². The number of nitrogens with one attached hydrogen (secondary N) is 1. The molecule has 1 aliphatic carbocycles. The summed E-state index contributed by atoms with van der Waals surface area (Å²) in [6.45, 7) is 1.62. The van der Waals surface area contributed by atoms with Gasteiger partial charge in [0.1, 0.15) is 11.9 Å². The van der Waals surface area contributed by atoms with Crippen LogP contribution in [0.1, 0.15) is 31.2 Å². The molecule has 18 heavy (non-hydrogen) atoms. The summed E-state index contributed by atoms with van der Waals surface area (Å²) < 4.78 is 14.4. The normalized spacial score (nSPS) is 24.4. The van der Waals surface area contributed by atoms with E-state index in [-0.39, 0.29) is 17.8 Å². The molecule has 1 atom stereocenters. The number of rotatable bonds is 4. The maximum atomic E-state index is 13.7. The van der Waals surface area contributed by atoms with E-state index < -0.39 is 12.0 Å². The third-order valence-corrected chi connectivity index (χ3v) is 3.89. The van der Waals surface area contributed by atoms with Crippen molar-refractivity contribution in [2.45, 2.75) is 37.8 Å². The molecule has 0 bridgehead atoms. The van der Waals surface area contributed by atoms with Crippen LogP contribution >= 0.6 is 15.9 Å². The van der Waals surface area contributed by atoms with Crippen LogP contribution in [0.4, 0.5) is 4.39 Å². The first-order chi connectivity index (χ1) is 8.47. The number of halogens is 2. The first-order valence-corrected chi connectivity index (χ1v) is 6.70. The quantitative estimate of drug-likeness (QED) is 0.898. The number of carboxylic acid groups (broad SMARTS) is 1. The van der Waals surface area contributed by atoms with Gasteiger partial charge in [0.05, 0.1) is 0 Å². The van der Waals surface area contributed by atoms with Gasteiger partial charge in [-0.05, 0) is 43.4 Å². The van der Waals surface area contributed by atoms with Crippen LogP contribution in [0.3, 0.4) is 0 Å². The number of aliphatic carboxylic acids is 1. The van der Waals surface area contributed by atoms with Crippen LogP contribution in [0.15, 0.2) is 22.7 Å². The van der Waals surface area contributed by atoms with Crippen molar-refractivity contribution in [3.63, 3.8) is 0 Å². The predicted molar refractivity (Wildman–Crippen MR) is 70.1 cm³/mol. The molecule has 5 heteroatoms. The highest BCUT2D eigenvalue weighted by Gasteiger charge is 2.33. The van der Waals surface area contributed by atoms with Gasteiger partial charge in [-0.15, -0.1) is 0 Å². The first-order valence-electron chi connectivity index (χ1n) is 5.91. The van der Waals surface area contributed by atoms with Crippen molar-refractivity contribution < 1.29 is 14.3 Å². The molecule has 1 aromatic rings. The van der Waals surface area contributed by atoms with Crippen LogP contribution < -0.4 is 5.32 Å². The molecule has 0 amide bonds. The molecule has 0 radical (unpaired) electrons. The van der Waals surface area contributed by atoms with Crippen LogP contribution in [0.2, 0.25) is 0 Å². The molecule has 0 aromatic heterocycles. The van der Waals surface area contributed by atoms with Gasteiger partial charge in [0.2, 0.25) is 0 Å². The van der Waals surface area contributed by atoms with E-state index in [4.69, 9.17) is 5.11 Å². The molecule has 1 unspecified atom stereocenters. The minimum absolute atomic E-state index is 0.171. The average molecular weight is 316 g/mol. The van der Waals surface area contributed by atoms with Gasteiger partial charge in [0.15, 0.2) is 0 Å². The zero-order valence-corrected chi connectivity index (χ0v) is 11.6. The fourth-order valence-electron chi connectivity index (χ4n) is 2.27. The SMILES string of the molecule is CC(NC1CC(c2ccc(Br)cc2F)C1)C(=O)O. The van der Waals surface area contributed by atoms with Crippen molar-refractivity contribution in [2.24, 2.45) is 0 Å². The van der Waals surface area contributed by atoms with Crippen molar-refractivity contribution >= 4 is 21.9 Å². The van der Waals surface area contributed by atoms with E-state index in [9.17, 15) is 9.18 Å². The van der Waals surface area contributed by atoms with Crippen molar-refractivity contribution in [3.05, 3.63) is 34.1 Å². The third-order valence-electron chi connectivity index (χ3n) is 3.40. The van der Waals surface area contributed by atoms with Crippen LogP contribution in [-0.2, 0) is 4.79 Å². The van der Waals surface area contributed by atoms with Gasteiger partial charge in [-0.2, -0.15) is 0 Å². The smallest absolute Gasteiger partial charge is 0.320 e. The van der Waals surface area contributed by atoms with E-state index in [1.165, 1.54) is 6.07 Å². The maximum Gasteiger partial charge on any atom is 0.320 e. The minimum Gasteiger partial charge on any atom is -0.480 e. The van der Waals surface area contributed by atoms with Crippen molar-refractivity contribution in [1.29, 1.82) is 0 Å². The van der Waals surface area contributed by atoms with Gasteiger partial charge < -0.3 is 10.4 Å². The van der Waals surface area contributed by atoms with Crippen LogP contribution in [-0.4, -0.2) is 23.2 Å². The lowest BCUT2D eigenvalue weighted by Crippen LogP contribution is -2.47. The molecular weight excluding hydrogens is 301 g/mol. The molecular formula is C13H15BrFNO2. The van der Waals surface area contributed by atoms with Gasteiger partial charge in [-0.3, -0.25) is 4.79 Å². The van der Waals surface area contributed by atoms with Gasteiger partial charge in [0.25, 0.3) is 0 Å². The van der Waals surface area contributed by atoms with Gasteiger partial charge in [0, 0.05) is 10.5 Å². The summed E-state index contributed by atoms with van der Waals surface area (Å²) in [5.41, 5.74) is 0.722. The van der Waals surface area contributed by atoms with Crippen LogP contribution in [0.25, 0.3) is 0 Å². The Bertz CT molecular complexity index is 460. The molecule has 0 aliphatic heterocycles. The minimum atomic E-state index is -0.853. The molecule has 1 aromatic carbocycles. The second kappa shape index (κ2) is 5.36. The Morgan fingerprint density at radius 1 is 1.56 bits per heavy atom. The van der Waals surface area contributed by atoms with E-state index in [1.54, 1.807) is 13.0 Å². The Kier molecular flexibility index (Phi) is 4.02. The van der Waals surface area contributed by atoms with Gasteiger partial charge >= 0.3 is 5.97 Å². The Balaban J connectivity index is 1.91. The van der Waals surface area contributed by atoms with Crippen molar-refractivity contribution in [2.75, 3.05) is 0 Å². The van der Waals surface area contributed by atoms with E-state index in [0.717, 1.165) is 22.9 Å². The highest BCUT2D eigenvalue weighted by atomic mass is 79.9. The highest BCUT2D eigenvalue weighted by molar-refractivity contribution is 9.10. The number of carbonyl (C=O) groups is 1. The predicted octanol–water partition coefficient (Wildman–Crippen LogP) is 2.90. The topological polar surface area (TPSA) is 49.3 Å². The summed E-state index contributed by atoms with van der Waals surface area (Å²) in [6.07, 6.45) is 1.58. The zero-order chi connectivity index (χ0) is 13.3. The lowest BCUT2D eigenvalue weighted by atomic mass is 9.75. The molecule has 1 fully saturated rings. The summed E-state index contributed by atoms with van der Waals surface area (Å²) in [7, 11) is 0. The number of benzene rings is 1. The van der Waals surface area contributed by atoms with Gasteiger partial charge in [-0.25, -0.2) is 4.39 Å². The van der Waals surface area contributed by atoms with Crippen molar-refractivity contribution in [3.8, 4) is 0 Å². The lowest BCUT2D eigenvalue weighted by Gasteiger charge is -2.37. The lowest BCUT2D eigenvalue weighted by molar-refractivity contribution is -0.139. The molecule has 0 spiro atoms. The number of hydrogen-bond acceptors (Lipinski definition) is 2. The largest absolute Gasteiger partial charge is 0.480 e. The van der Waals surface area contributed by atoms with E-state index >= 15 is 0 Å². The fraction of sp³-hybridized carbons (Fsp3) is 0.462. The van der Waals surface area contributed by atoms with E-state index in [1.807, 2.05) is 6.07 Å². The Morgan fingerprint density at radius 3 is 2.78 bits per heavy atom. The summed E-state index contributed by atoms with van der Waals surface area (Å²) >= 11 is 3.23. The monoisotopic (exact) mass is 315 g/mol. The summed E-state index contributed by atoms with van der Waals surface area (Å²) in [5, 5.41) is 11.8. The van der Waals surface area contributed by atoms with E-state index in [2.05, 4.69) is 21.2 Å². The third kappa shape index (κ3) is 2.90. The average Bonchev–Trinajstić information content (AvgIpc) is 2.23. The maximum absolute atomic E-state index is 13.7. The molecule has 1 aliphatic rings. The van der Waals surface area contributed by atoms with Crippen molar-refractivity contribution in [1.82, 2.24) is 5.32 Å². The van der Waals surface area contributed by atoms with Crippen LogP contribution in [0.5, 0.6) is 0 Å². The second-order valence-corrected chi connectivity index (χ2v) is 5.67. The standard InChI is InChI=1S/C13H15BrFNO2/c1-7(13(17)18)16-10-4-8(5-10)11-3-2-9(14)6-12(11)15/h2-3,6-8,10,16H,4-5H2,1H3,(H,17,18). The Hall–Kier alpha value is -0.940. The van der Waals surface area contributed by atoms with Gasteiger partial charge in [-0.1, -0.05) is 22.0 Å². The number of carboxylic acids is 1. The highest BCUT2D eigenvalue weighted by Crippen LogP contribution is 2.38. The molecule has 2 N–H and O–H groups in total. The zero-order valence-electron chi connectivity index (χ0n) is 9.99. The Morgan fingerprint density at radius 2 is 2.22 bits per heavy atom. The second-order valence-electron chi connectivity index (χ2n) is 4.76. The van der Waals surface area contributed by atoms with E-state index in [0.29, 0.717) is 0 Å². The summed E-state index contributed by atoms with van der Waals surface area (Å²) in [4.78, 5) is 10.7. The summed E-state index contributed by atoms with van der Waals surface area (Å²) in [5.74, 6) is -0.857. The molecule has 3 nitrogen and oxygen atoms in total. The number of hydrogen-bond donors (Lipinski definition) is 2. The molecule has 1 saturated carbocycles. The summed E-state index contributed by atoms with van der Waals surface area (Å²) in [6, 6.07) is 4.71.